The molecule has 0 aliphatic heterocycles. The number of para-hydroxylation sites is 2. The van der Waals surface area contributed by atoms with E-state index in [1.165, 1.54) is 22.3 Å². The van der Waals surface area contributed by atoms with E-state index in [4.69, 9.17) is 4.98 Å². The van der Waals surface area contributed by atoms with Gasteiger partial charge >= 0.3 is 26.2 Å². The standard InChI is InChI=1S/C69H79N3O2.2CH3.Zr/c1-17-30-71-58-28-21-19-24-50(58)60(62(71)54-34-42(3)32-52(64(54)73)44-36-46(66(5,6)7)40-47(37-44)67(8,9)10)56-26-23-27-57(70-56)61-51-25-20-22-29-59(51)72(31-18-2)63(61)55-35-43(4)33-53(65(55)74)45-38-48(68(11,12)13)41-49(39-45)69(14,15)16;;;/h19-29,32-41,73-74H,17-18,30-31H2,1-16H3;2*1H3;/q;2*-1;+2. The van der Waals surface area contributed by atoms with Crippen molar-refractivity contribution in [1.82, 2.24) is 14.1 Å². The summed E-state index contributed by atoms with van der Waals surface area (Å²) in [4.78, 5) is 5.76. The van der Waals surface area contributed by atoms with Gasteiger partial charge < -0.3 is 34.2 Å². The van der Waals surface area contributed by atoms with E-state index in [9.17, 15) is 10.2 Å². The van der Waals surface area contributed by atoms with Crippen molar-refractivity contribution in [2.75, 3.05) is 0 Å². The molecule has 6 aromatic carbocycles. The van der Waals surface area contributed by atoms with Crippen LogP contribution in [0.2, 0.25) is 0 Å². The van der Waals surface area contributed by atoms with Gasteiger partial charge in [0.15, 0.2) is 0 Å². The van der Waals surface area contributed by atoms with E-state index in [1.54, 1.807) is 0 Å². The molecule has 0 aliphatic carbocycles. The van der Waals surface area contributed by atoms with Gasteiger partial charge in [0, 0.05) is 68.3 Å². The number of aromatic hydroxyl groups is 2. The maximum atomic E-state index is 13.0. The number of phenolic OH excluding ortho intramolecular Hbond substituents is 2. The number of hydrogen-bond acceptors (Lipinski definition) is 3. The Morgan fingerprint density at radius 1 is 0.416 bits per heavy atom. The van der Waals surface area contributed by atoms with Gasteiger partial charge in [-0.15, -0.1) is 0 Å². The Balaban J connectivity index is 0.00000320. The van der Waals surface area contributed by atoms with Crippen molar-refractivity contribution in [3.05, 3.63) is 176 Å². The number of rotatable bonds is 10. The van der Waals surface area contributed by atoms with Gasteiger partial charge in [0.1, 0.15) is 11.5 Å². The number of hydrogen-bond donors (Lipinski definition) is 2. The maximum absolute atomic E-state index is 13.0. The topological polar surface area (TPSA) is 63.2 Å². The predicted octanol–water partition coefficient (Wildman–Crippen LogP) is 19.9. The van der Waals surface area contributed by atoms with Crippen molar-refractivity contribution in [2.24, 2.45) is 0 Å². The van der Waals surface area contributed by atoms with Gasteiger partial charge in [-0.25, -0.2) is 4.98 Å². The third-order valence-electron chi connectivity index (χ3n) is 15.1. The van der Waals surface area contributed by atoms with Crippen molar-refractivity contribution in [3.63, 3.8) is 0 Å². The summed E-state index contributed by atoms with van der Waals surface area (Å²) in [5.41, 5.74) is 19.7. The van der Waals surface area contributed by atoms with Crippen molar-refractivity contribution in [3.8, 4) is 78.8 Å². The number of nitrogens with zero attached hydrogens (tertiary/aromatic N) is 3. The van der Waals surface area contributed by atoms with Crippen molar-refractivity contribution in [1.29, 1.82) is 0 Å². The molecule has 2 N–H and O–H groups in total. The smallest absolute Gasteiger partial charge is 0.507 e. The van der Waals surface area contributed by atoms with E-state index in [2.05, 4.69) is 247 Å². The predicted molar refractivity (Wildman–Crippen MR) is 329 cm³/mol. The quantitative estimate of drug-likeness (QED) is 0.134. The minimum Gasteiger partial charge on any atom is -0.507 e. The fourth-order valence-electron chi connectivity index (χ4n) is 11.0. The van der Waals surface area contributed by atoms with Crippen LogP contribution < -0.4 is 0 Å². The molecule has 6 heteroatoms. The van der Waals surface area contributed by atoms with Gasteiger partial charge in [0.2, 0.25) is 0 Å². The second kappa shape index (κ2) is 22.4. The summed E-state index contributed by atoms with van der Waals surface area (Å²) in [5, 5.41) is 28.1. The molecule has 0 unspecified atom stereocenters. The maximum Gasteiger partial charge on any atom is 2.00 e. The molecule has 3 aromatic heterocycles. The molecule has 9 rings (SSSR count). The molecular weight excluding hydrogens is 1020 g/mol. The van der Waals surface area contributed by atoms with Crippen LogP contribution in [0.25, 0.3) is 89.1 Å². The van der Waals surface area contributed by atoms with Crippen molar-refractivity contribution in [2.45, 2.75) is 158 Å². The van der Waals surface area contributed by atoms with Crippen molar-refractivity contribution >= 4 is 21.8 Å². The van der Waals surface area contributed by atoms with E-state index in [0.717, 1.165) is 126 Å². The van der Waals surface area contributed by atoms with Crippen LogP contribution in [0.1, 0.15) is 143 Å². The summed E-state index contributed by atoms with van der Waals surface area (Å²) in [6.07, 6.45) is 1.81. The zero-order chi connectivity index (χ0) is 53.4. The third-order valence-corrected chi connectivity index (χ3v) is 15.1. The average molecular weight is 1100 g/mol. The fraction of sp³-hybridized carbons (Fsp3) is 0.338. The Morgan fingerprint density at radius 3 is 1.04 bits per heavy atom. The Morgan fingerprint density at radius 2 is 0.727 bits per heavy atom. The van der Waals surface area contributed by atoms with Crippen LogP contribution in [-0.4, -0.2) is 24.3 Å². The van der Waals surface area contributed by atoms with Crippen LogP contribution in [0.5, 0.6) is 11.5 Å². The Bertz CT molecular complexity index is 3310. The molecule has 9 aromatic rings. The Kier molecular flexibility index (Phi) is 17.5. The number of benzene rings is 6. The first-order chi connectivity index (χ1) is 34.8. The molecule has 0 fully saturated rings. The zero-order valence-corrected chi connectivity index (χ0v) is 52.1. The molecule has 5 nitrogen and oxygen atoms in total. The number of aryl methyl sites for hydroxylation is 4. The molecule has 0 saturated heterocycles. The van der Waals surface area contributed by atoms with E-state index in [0.29, 0.717) is 0 Å². The van der Waals surface area contributed by atoms with Crippen LogP contribution in [0.4, 0.5) is 0 Å². The van der Waals surface area contributed by atoms with Crippen LogP contribution >= 0.6 is 0 Å². The summed E-state index contributed by atoms with van der Waals surface area (Å²) >= 11 is 0. The Hall–Kier alpha value is -5.97. The minimum absolute atomic E-state index is 0. The number of pyridine rings is 1. The van der Waals surface area contributed by atoms with Crippen LogP contribution in [0.3, 0.4) is 0 Å². The van der Waals surface area contributed by atoms with Gasteiger partial charge in [0.25, 0.3) is 0 Å². The average Bonchev–Trinajstić information content (AvgIpc) is 3.84. The monoisotopic (exact) mass is 1100 g/mol. The largest absolute Gasteiger partial charge is 2.00 e. The number of phenols is 2. The molecule has 0 aliphatic rings. The van der Waals surface area contributed by atoms with Gasteiger partial charge in [-0.1, -0.05) is 176 Å². The summed E-state index contributed by atoms with van der Waals surface area (Å²) in [7, 11) is 0. The molecule has 3 heterocycles. The molecule has 77 heavy (non-hydrogen) atoms. The summed E-state index contributed by atoms with van der Waals surface area (Å²) < 4.78 is 4.79. The first-order valence-electron chi connectivity index (χ1n) is 27.0. The van der Waals surface area contributed by atoms with Gasteiger partial charge in [-0.2, -0.15) is 0 Å². The van der Waals surface area contributed by atoms with Crippen LogP contribution in [0, 0.1) is 28.7 Å². The number of aromatic nitrogens is 3. The SMILES string of the molecule is CCCn1c(-c2cc(C)cc(-c3cc(C(C)(C)C)cc(C(C)(C)C)c3)c2O)c(-c2cccc(-c3c(-c4cc(C)cc(-c5cc(C(C)(C)C)cc(C(C)(C)C)c5)c4O)n(CCC)c4ccccc34)n2)c2ccccc21.[CH3-].[CH3-].[Zr+2]. The van der Waals surface area contributed by atoms with Crippen LogP contribution in [-0.2, 0) is 61.0 Å². The summed E-state index contributed by atoms with van der Waals surface area (Å²) in [6, 6.07) is 46.0. The summed E-state index contributed by atoms with van der Waals surface area (Å²) in [6.45, 7) is 37.4. The molecule has 0 amide bonds. The molecule has 0 atom stereocenters. The third kappa shape index (κ3) is 11.5. The van der Waals surface area contributed by atoms with E-state index in [-0.39, 0.29) is 74.2 Å². The van der Waals surface area contributed by atoms with Crippen molar-refractivity contribution < 1.29 is 36.4 Å². The molecule has 0 spiro atoms. The van der Waals surface area contributed by atoms with Crippen LogP contribution in [0.15, 0.2) is 127 Å². The number of fused-ring (bicyclic) bond motifs is 2. The molecule has 0 bridgehead atoms. The molecule has 0 radical (unpaired) electrons. The summed E-state index contributed by atoms with van der Waals surface area (Å²) in [5.74, 6) is 0.523. The first-order valence-corrected chi connectivity index (χ1v) is 27.0. The fourth-order valence-corrected chi connectivity index (χ4v) is 11.0. The second-order valence-corrected chi connectivity index (χ2v) is 25.2. The molecule has 0 saturated carbocycles. The molecular formula is C71H85N3O2Zr. The van der Waals surface area contributed by atoms with Gasteiger partial charge in [0.05, 0.1) is 22.8 Å². The normalized spacial score (nSPS) is 12.2. The van der Waals surface area contributed by atoms with E-state index >= 15 is 0 Å². The van der Waals surface area contributed by atoms with Gasteiger partial charge in [-0.3, -0.25) is 0 Å². The van der Waals surface area contributed by atoms with E-state index in [1.807, 2.05) is 0 Å². The zero-order valence-electron chi connectivity index (χ0n) is 49.7. The minimum atomic E-state index is -0.0903. The van der Waals surface area contributed by atoms with Gasteiger partial charge in [-0.05, 0) is 141 Å². The Labute approximate surface area is 482 Å². The first kappa shape index (κ1) is 60.3. The van der Waals surface area contributed by atoms with E-state index < -0.39 is 0 Å². The molecule has 400 valence electrons. The second-order valence-electron chi connectivity index (χ2n) is 25.2.